The molecule has 10 heteroatoms. The van der Waals surface area contributed by atoms with Crippen LogP contribution in [0.2, 0.25) is 0 Å². The Kier molecular flexibility index (Phi) is 7.13. The van der Waals surface area contributed by atoms with Crippen molar-refractivity contribution in [1.29, 1.82) is 0 Å². The standard InChI is InChI=1S/C22H32N8O2/c1-16(23)17-4-9-28(10-5-17)15-18-2-3-19(14-25-18)30-11-6-20(27-22(30)32)26-21(31)29-12-7-24-8-13-29/h2-3,6,11,14,16-17,24H,4-5,7-10,12-13,15,23H2,1H3,(H,26,27,31,32). The Morgan fingerprint density at radius 2 is 1.97 bits per heavy atom. The summed E-state index contributed by atoms with van der Waals surface area (Å²) in [4.78, 5) is 37.5. The molecule has 0 bridgehead atoms. The van der Waals surface area contributed by atoms with Crippen LogP contribution in [-0.4, -0.2) is 75.7 Å². The van der Waals surface area contributed by atoms with Crippen molar-refractivity contribution in [1.82, 2.24) is 29.7 Å². The van der Waals surface area contributed by atoms with Crippen molar-refractivity contribution in [3.05, 3.63) is 46.8 Å². The zero-order valence-electron chi connectivity index (χ0n) is 18.5. The Morgan fingerprint density at radius 3 is 2.59 bits per heavy atom. The SMILES string of the molecule is CC(N)C1CCN(Cc2ccc(-n3ccc(NC(=O)N4CCNCC4)nc3=O)cn2)CC1. The number of piperazine rings is 1. The van der Waals surface area contributed by atoms with Crippen molar-refractivity contribution in [2.24, 2.45) is 11.7 Å². The third-order valence-corrected chi connectivity index (χ3v) is 6.29. The van der Waals surface area contributed by atoms with Crippen LogP contribution in [0.4, 0.5) is 10.6 Å². The van der Waals surface area contributed by atoms with Gasteiger partial charge in [0.2, 0.25) is 0 Å². The summed E-state index contributed by atoms with van der Waals surface area (Å²) < 4.78 is 1.42. The highest BCUT2D eigenvalue weighted by molar-refractivity contribution is 5.88. The maximum Gasteiger partial charge on any atom is 0.354 e. The lowest BCUT2D eigenvalue weighted by molar-refractivity contribution is 0.164. The number of anilines is 1. The summed E-state index contributed by atoms with van der Waals surface area (Å²) in [5.41, 5.74) is 7.17. The molecule has 0 radical (unpaired) electrons. The number of pyridine rings is 1. The second-order valence-corrected chi connectivity index (χ2v) is 8.61. The van der Waals surface area contributed by atoms with Gasteiger partial charge in [-0.3, -0.25) is 19.8 Å². The van der Waals surface area contributed by atoms with Crippen LogP contribution in [0.25, 0.3) is 5.69 Å². The summed E-state index contributed by atoms with van der Waals surface area (Å²) in [6, 6.07) is 5.45. The molecule has 2 amide bonds. The summed E-state index contributed by atoms with van der Waals surface area (Å²) >= 11 is 0. The second-order valence-electron chi connectivity index (χ2n) is 8.61. The fourth-order valence-corrected chi connectivity index (χ4v) is 4.24. The number of aromatic nitrogens is 3. The number of urea groups is 1. The van der Waals surface area contributed by atoms with E-state index in [9.17, 15) is 9.59 Å². The van der Waals surface area contributed by atoms with Crippen molar-refractivity contribution in [2.45, 2.75) is 32.4 Å². The molecule has 0 aliphatic carbocycles. The Balaban J connectivity index is 1.35. The number of piperidine rings is 1. The van der Waals surface area contributed by atoms with Crippen LogP contribution in [0.1, 0.15) is 25.5 Å². The zero-order valence-corrected chi connectivity index (χ0v) is 18.5. The van der Waals surface area contributed by atoms with E-state index >= 15 is 0 Å². The number of rotatable bonds is 5. The van der Waals surface area contributed by atoms with Crippen LogP contribution in [-0.2, 0) is 6.54 Å². The minimum atomic E-state index is -0.462. The highest BCUT2D eigenvalue weighted by atomic mass is 16.2. The second kappa shape index (κ2) is 10.2. The highest BCUT2D eigenvalue weighted by Crippen LogP contribution is 2.20. The average Bonchev–Trinajstić information content (AvgIpc) is 2.81. The first-order valence-corrected chi connectivity index (χ1v) is 11.3. The Labute approximate surface area is 187 Å². The lowest BCUT2D eigenvalue weighted by Gasteiger charge is -2.33. The summed E-state index contributed by atoms with van der Waals surface area (Å²) in [6.07, 6.45) is 5.53. The van der Waals surface area contributed by atoms with E-state index in [4.69, 9.17) is 5.73 Å². The number of hydrogen-bond acceptors (Lipinski definition) is 7. The number of likely N-dealkylation sites (tertiary alicyclic amines) is 1. The van der Waals surface area contributed by atoms with Gasteiger partial charge in [-0.1, -0.05) is 0 Å². The molecule has 4 N–H and O–H groups in total. The van der Waals surface area contributed by atoms with Crippen LogP contribution in [0.3, 0.4) is 0 Å². The van der Waals surface area contributed by atoms with Crippen molar-refractivity contribution in [2.75, 3.05) is 44.6 Å². The number of amides is 2. The van der Waals surface area contributed by atoms with E-state index in [1.165, 1.54) is 4.57 Å². The molecule has 2 aliphatic rings. The molecule has 4 heterocycles. The van der Waals surface area contributed by atoms with E-state index in [0.29, 0.717) is 24.7 Å². The van der Waals surface area contributed by atoms with Crippen LogP contribution in [0.15, 0.2) is 35.4 Å². The average molecular weight is 441 g/mol. The summed E-state index contributed by atoms with van der Waals surface area (Å²) in [5, 5.41) is 5.90. The molecular weight excluding hydrogens is 408 g/mol. The molecule has 0 aromatic carbocycles. The summed E-state index contributed by atoms with van der Waals surface area (Å²) in [6.45, 7) is 7.71. The van der Waals surface area contributed by atoms with Crippen LogP contribution < -0.4 is 22.1 Å². The Hall–Kier alpha value is -2.82. The predicted molar refractivity (Wildman–Crippen MR) is 123 cm³/mol. The molecule has 2 fully saturated rings. The first kappa shape index (κ1) is 22.4. The first-order valence-electron chi connectivity index (χ1n) is 11.3. The number of carbonyl (C=O) groups is 1. The minimum absolute atomic E-state index is 0.243. The molecule has 1 atom stereocenters. The topological polar surface area (TPSA) is 121 Å². The molecule has 2 saturated heterocycles. The summed E-state index contributed by atoms with van der Waals surface area (Å²) in [5.74, 6) is 0.847. The molecule has 1 unspecified atom stereocenters. The lowest BCUT2D eigenvalue weighted by Crippen LogP contribution is -2.48. The number of carbonyl (C=O) groups excluding carboxylic acids is 1. The minimum Gasteiger partial charge on any atom is -0.328 e. The van der Waals surface area contributed by atoms with Gasteiger partial charge in [0, 0.05) is 45.0 Å². The zero-order chi connectivity index (χ0) is 22.5. The van der Waals surface area contributed by atoms with Gasteiger partial charge in [0.1, 0.15) is 5.82 Å². The van der Waals surface area contributed by atoms with E-state index in [0.717, 1.165) is 51.3 Å². The fraction of sp³-hybridized carbons (Fsp3) is 0.545. The van der Waals surface area contributed by atoms with Gasteiger partial charge in [-0.25, -0.2) is 9.59 Å². The Bertz CT molecular complexity index is 961. The monoisotopic (exact) mass is 440 g/mol. The largest absolute Gasteiger partial charge is 0.354 e. The van der Waals surface area contributed by atoms with Crippen molar-refractivity contribution in [3.8, 4) is 5.69 Å². The normalized spacial score (nSPS) is 19.0. The van der Waals surface area contributed by atoms with E-state index in [-0.39, 0.29) is 17.9 Å². The van der Waals surface area contributed by atoms with E-state index in [2.05, 4.69) is 32.4 Å². The van der Waals surface area contributed by atoms with Gasteiger partial charge < -0.3 is 16.0 Å². The van der Waals surface area contributed by atoms with E-state index < -0.39 is 5.69 Å². The lowest BCUT2D eigenvalue weighted by atomic mass is 9.91. The van der Waals surface area contributed by atoms with Gasteiger partial charge in [-0.2, -0.15) is 4.98 Å². The fourth-order valence-electron chi connectivity index (χ4n) is 4.24. The van der Waals surface area contributed by atoms with Gasteiger partial charge in [-0.05, 0) is 57.0 Å². The smallest absolute Gasteiger partial charge is 0.328 e. The molecule has 2 aromatic heterocycles. The van der Waals surface area contributed by atoms with Crippen molar-refractivity contribution >= 4 is 11.8 Å². The maximum absolute atomic E-state index is 12.5. The van der Waals surface area contributed by atoms with Crippen LogP contribution in [0, 0.1) is 5.92 Å². The molecule has 4 rings (SSSR count). The maximum atomic E-state index is 12.5. The van der Waals surface area contributed by atoms with E-state index in [1.54, 1.807) is 23.4 Å². The number of nitrogens with one attached hydrogen (secondary N) is 2. The molecule has 2 aliphatic heterocycles. The van der Waals surface area contributed by atoms with Gasteiger partial charge in [-0.15, -0.1) is 0 Å². The van der Waals surface area contributed by atoms with Crippen molar-refractivity contribution < 1.29 is 4.79 Å². The molecule has 0 saturated carbocycles. The van der Waals surface area contributed by atoms with Gasteiger partial charge in [0.05, 0.1) is 17.6 Å². The number of nitrogens with two attached hydrogens (primary N) is 1. The summed E-state index contributed by atoms with van der Waals surface area (Å²) in [7, 11) is 0. The molecule has 2 aromatic rings. The van der Waals surface area contributed by atoms with Gasteiger partial charge in [0.25, 0.3) is 0 Å². The number of hydrogen-bond donors (Lipinski definition) is 3. The third kappa shape index (κ3) is 5.50. The van der Waals surface area contributed by atoms with Gasteiger partial charge >= 0.3 is 11.7 Å². The molecule has 0 spiro atoms. The first-order chi connectivity index (χ1) is 15.5. The molecular formula is C22H32N8O2. The molecule has 10 nitrogen and oxygen atoms in total. The highest BCUT2D eigenvalue weighted by Gasteiger charge is 2.22. The van der Waals surface area contributed by atoms with Crippen LogP contribution >= 0.6 is 0 Å². The third-order valence-electron chi connectivity index (χ3n) is 6.29. The predicted octanol–water partition coefficient (Wildman–Crippen LogP) is 0.624. The Morgan fingerprint density at radius 1 is 1.22 bits per heavy atom. The molecule has 32 heavy (non-hydrogen) atoms. The number of nitrogens with zero attached hydrogens (tertiary/aromatic N) is 5. The quantitative estimate of drug-likeness (QED) is 0.623. The molecule has 172 valence electrons. The van der Waals surface area contributed by atoms with Crippen molar-refractivity contribution in [3.63, 3.8) is 0 Å². The van der Waals surface area contributed by atoms with E-state index in [1.807, 2.05) is 12.1 Å². The van der Waals surface area contributed by atoms with Gasteiger partial charge in [0.15, 0.2) is 0 Å². The van der Waals surface area contributed by atoms with Crippen LogP contribution in [0.5, 0.6) is 0 Å².